The number of ether oxygens (including phenoxy) is 2. The van der Waals surface area contributed by atoms with E-state index in [-0.39, 0.29) is 47.1 Å². The van der Waals surface area contributed by atoms with Crippen molar-refractivity contribution in [3.05, 3.63) is 89.2 Å². The number of aromatic nitrogens is 1. The van der Waals surface area contributed by atoms with Crippen LogP contribution in [0.25, 0.3) is 0 Å². The van der Waals surface area contributed by atoms with Crippen LogP contribution in [0.2, 0.25) is 0 Å². The first-order valence-electron chi connectivity index (χ1n) is 10.6. The van der Waals surface area contributed by atoms with E-state index in [1.807, 2.05) is 0 Å². The summed E-state index contributed by atoms with van der Waals surface area (Å²) in [5.41, 5.74) is 0.830. The van der Waals surface area contributed by atoms with Gasteiger partial charge in [0, 0.05) is 0 Å². The van der Waals surface area contributed by atoms with Gasteiger partial charge in [-0.2, -0.15) is 0 Å². The maximum Gasteiger partial charge on any atom is 0.340 e. The molecule has 1 aromatic heterocycles. The first kappa shape index (κ1) is 24.1. The van der Waals surface area contributed by atoms with E-state index in [0.717, 1.165) is 0 Å². The highest BCUT2D eigenvalue weighted by Gasteiger charge is 2.19. The number of nitrogens with one attached hydrogen (secondary N) is 2. The summed E-state index contributed by atoms with van der Waals surface area (Å²) in [7, 11) is 0. The molecule has 0 saturated carbocycles. The van der Waals surface area contributed by atoms with Crippen LogP contribution in [0.1, 0.15) is 55.5 Å². The quantitative estimate of drug-likeness (QED) is 0.487. The van der Waals surface area contributed by atoms with Crippen molar-refractivity contribution < 1.29 is 28.7 Å². The van der Waals surface area contributed by atoms with E-state index in [1.54, 1.807) is 50.2 Å². The summed E-state index contributed by atoms with van der Waals surface area (Å²) in [6.45, 7) is 3.76. The lowest BCUT2D eigenvalue weighted by Crippen LogP contribution is -2.20. The van der Waals surface area contributed by atoms with Crippen LogP contribution in [0.5, 0.6) is 0 Å². The maximum atomic E-state index is 12.8. The van der Waals surface area contributed by atoms with E-state index < -0.39 is 23.8 Å². The first-order chi connectivity index (χ1) is 16.4. The Morgan fingerprint density at radius 2 is 1.06 bits per heavy atom. The van der Waals surface area contributed by atoms with Gasteiger partial charge in [0.25, 0.3) is 11.8 Å². The van der Waals surface area contributed by atoms with Gasteiger partial charge in [-0.15, -0.1) is 0 Å². The molecule has 1 heterocycles. The number of pyridine rings is 1. The van der Waals surface area contributed by atoms with Crippen LogP contribution in [0.4, 0.5) is 11.4 Å². The Morgan fingerprint density at radius 3 is 1.47 bits per heavy atom. The Hall–Kier alpha value is -4.53. The van der Waals surface area contributed by atoms with E-state index in [1.165, 1.54) is 30.3 Å². The van der Waals surface area contributed by atoms with Crippen molar-refractivity contribution in [2.45, 2.75) is 13.8 Å². The van der Waals surface area contributed by atoms with Crippen molar-refractivity contribution in [2.75, 3.05) is 23.8 Å². The molecule has 0 saturated heterocycles. The molecule has 0 unspecified atom stereocenters. The highest BCUT2D eigenvalue weighted by molar-refractivity contribution is 6.09. The van der Waals surface area contributed by atoms with Crippen LogP contribution in [0.3, 0.4) is 0 Å². The SMILES string of the molecule is CCOC(=O)c1ccccc1NC(=O)c1cccc(C(=O)Nc2ccccc2C(=O)OCC)n1. The molecule has 2 amide bonds. The third kappa shape index (κ3) is 5.83. The number of benzene rings is 2. The van der Waals surface area contributed by atoms with Crippen LogP contribution in [-0.4, -0.2) is 42.0 Å². The van der Waals surface area contributed by atoms with Crippen LogP contribution in [0.15, 0.2) is 66.7 Å². The summed E-state index contributed by atoms with van der Waals surface area (Å²) >= 11 is 0. The predicted octanol–water partition coefficient (Wildman–Crippen LogP) is 3.94. The van der Waals surface area contributed by atoms with E-state index in [2.05, 4.69) is 15.6 Å². The third-order valence-corrected chi connectivity index (χ3v) is 4.56. The Balaban J connectivity index is 1.79. The molecular weight excluding hydrogens is 438 g/mol. The van der Waals surface area contributed by atoms with Crippen molar-refractivity contribution in [1.29, 1.82) is 0 Å². The number of carbonyl (C=O) groups excluding carboxylic acids is 4. The van der Waals surface area contributed by atoms with Gasteiger partial charge in [0.1, 0.15) is 11.4 Å². The Bertz CT molecular complexity index is 1130. The minimum absolute atomic E-state index is 0.0370. The second-order valence-electron chi connectivity index (χ2n) is 6.85. The van der Waals surface area contributed by atoms with Crippen molar-refractivity contribution in [3.63, 3.8) is 0 Å². The Labute approximate surface area is 196 Å². The molecule has 0 radical (unpaired) electrons. The third-order valence-electron chi connectivity index (χ3n) is 4.56. The molecule has 0 aliphatic heterocycles. The topological polar surface area (TPSA) is 124 Å². The molecule has 2 N–H and O–H groups in total. The molecule has 0 fully saturated rings. The Morgan fingerprint density at radius 1 is 0.647 bits per heavy atom. The summed E-state index contributed by atoms with van der Waals surface area (Å²) in [5, 5.41) is 5.25. The molecular formula is C25H23N3O6. The van der Waals surface area contributed by atoms with Crippen molar-refractivity contribution in [1.82, 2.24) is 4.98 Å². The zero-order chi connectivity index (χ0) is 24.5. The monoisotopic (exact) mass is 461 g/mol. The predicted molar refractivity (Wildman–Crippen MR) is 125 cm³/mol. The molecule has 9 nitrogen and oxygen atoms in total. The minimum atomic E-state index is -0.613. The molecule has 0 bridgehead atoms. The Kier molecular flexibility index (Phi) is 8.07. The van der Waals surface area contributed by atoms with Gasteiger partial charge in [0.05, 0.1) is 35.7 Å². The van der Waals surface area contributed by atoms with Crippen LogP contribution < -0.4 is 10.6 Å². The van der Waals surface area contributed by atoms with Gasteiger partial charge in [-0.05, 0) is 50.2 Å². The second-order valence-corrected chi connectivity index (χ2v) is 6.85. The van der Waals surface area contributed by atoms with E-state index in [4.69, 9.17) is 9.47 Å². The number of hydrogen-bond donors (Lipinski definition) is 2. The number of hydrogen-bond acceptors (Lipinski definition) is 7. The molecule has 34 heavy (non-hydrogen) atoms. The lowest BCUT2D eigenvalue weighted by Gasteiger charge is -2.11. The van der Waals surface area contributed by atoms with Crippen LogP contribution in [0, 0.1) is 0 Å². The largest absolute Gasteiger partial charge is 0.462 e. The first-order valence-corrected chi connectivity index (χ1v) is 10.6. The summed E-state index contributed by atoms with van der Waals surface area (Å²) in [6, 6.07) is 17.2. The molecule has 3 rings (SSSR count). The van der Waals surface area contributed by atoms with Crippen molar-refractivity contribution in [2.24, 2.45) is 0 Å². The fourth-order valence-electron chi connectivity index (χ4n) is 3.02. The van der Waals surface area contributed by atoms with Gasteiger partial charge in [0.2, 0.25) is 0 Å². The summed E-state index contributed by atoms with van der Waals surface area (Å²) in [5.74, 6) is -2.36. The lowest BCUT2D eigenvalue weighted by molar-refractivity contribution is 0.0517. The normalized spacial score (nSPS) is 10.2. The highest BCUT2D eigenvalue weighted by Crippen LogP contribution is 2.19. The average molecular weight is 461 g/mol. The molecule has 0 spiro atoms. The minimum Gasteiger partial charge on any atom is -0.462 e. The zero-order valence-corrected chi connectivity index (χ0v) is 18.7. The molecule has 2 aromatic carbocycles. The number of amides is 2. The van der Waals surface area contributed by atoms with Crippen molar-refractivity contribution in [3.8, 4) is 0 Å². The molecule has 0 aliphatic rings. The summed E-state index contributed by atoms with van der Waals surface area (Å²) in [4.78, 5) is 54.0. The van der Waals surface area contributed by atoms with Crippen LogP contribution in [-0.2, 0) is 9.47 Å². The molecule has 0 aliphatic carbocycles. The van der Waals surface area contributed by atoms with Gasteiger partial charge >= 0.3 is 11.9 Å². The maximum absolute atomic E-state index is 12.8. The number of anilines is 2. The van der Waals surface area contributed by atoms with E-state index in [0.29, 0.717) is 0 Å². The summed E-state index contributed by atoms with van der Waals surface area (Å²) in [6.07, 6.45) is 0. The van der Waals surface area contributed by atoms with E-state index >= 15 is 0 Å². The second kappa shape index (κ2) is 11.4. The van der Waals surface area contributed by atoms with Gasteiger partial charge in [-0.25, -0.2) is 14.6 Å². The number of carbonyl (C=O) groups is 4. The lowest BCUT2D eigenvalue weighted by atomic mass is 10.1. The van der Waals surface area contributed by atoms with Gasteiger partial charge in [-0.3, -0.25) is 9.59 Å². The standard InChI is InChI=1S/C25H23N3O6/c1-3-33-24(31)16-10-5-7-12-18(16)27-22(29)20-14-9-15-21(26-20)23(30)28-19-13-8-6-11-17(19)25(32)34-4-2/h5-15H,3-4H2,1-2H3,(H,27,29)(H,28,30). The van der Waals surface area contributed by atoms with Crippen molar-refractivity contribution >= 4 is 35.1 Å². The van der Waals surface area contributed by atoms with Gasteiger partial charge in [-0.1, -0.05) is 30.3 Å². The van der Waals surface area contributed by atoms with Gasteiger partial charge in [0.15, 0.2) is 0 Å². The smallest absolute Gasteiger partial charge is 0.340 e. The fraction of sp³-hybridized carbons (Fsp3) is 0.160. The molecule has 0 atom stereocenters. The average Bonchev–Trinajstić information content (AvgIpc) is 2.85. The van der Waals surface area contributed by atoms with Crippen LogP contribution >= 0.6 is 0 Å². The number of esters is 2. The fourth-order valence-corrected chi connectivity index (χ4v) is 3.02. The van der Waals surface area contributed by atoms with E-state index in [9.17, 15) is 19.2 Å². The number of para-hydroxylation sites is 2. The zero-order valence-electron chi connectivity index (χ0n) is 18.7. The summed E-state index contributed by atoms with van der Waals surface area (Å²) < 4.78 is 10.0. The number of nitrogens with zero attached hydrogens (tertiary/aromatic N) is 1. The molecule has 9 heteroatoms. The molecule has 174 valence electrons. The molecule has 3 aromatic rings. The van der Waals surface area contributed by atoms with Gasteiger partial charge < -0.3 is 20.1 Å². The highest BCUT2D eigenvalue weighted by atomic mass is 16.5. The number of rotatable bonds is 8.